The van der Waals surface area contributed by atoms with Crippen LogP contribution in [0, 0.1) is 0 Å². The van der Waals surface area contributed by atoms with Gasteiger partial charge in [-0.05, 0) is 27.9 Å². The number of esters is 1. The standard InChI is InChI=1S/C18H15N5O4S/c1-26-11-7-4-3-6-10(11)15-13(16(24)12-8-5-9-28-12)14(17(25)27-2)19-18-20-21-22-23(15)18/h3-9,15H,1-2H3,(H,19,20,22)/t15-/m1/s1. The summed E-state index contributed by atoms with van der Waals surface area (Å²) < 4.78 is 11.8. The number of hydrogen-bond donors (Lipinski definition) is 1. The average Bonchev–Trinajstić information content (AvgIpc) is 3.43. The number of nitrogens with one attached hydrogen (secondary N) is 1. The van der Waals surface area contributed by atoms with E-state index in [4.69, 9.17) is 9.47 Å². The number of nitrogens with zero attached hydrogens (tertiary/aromatic N) is 4. The van der Waals surface area contributed by atoms with Crippen LogP contribution in [0.3, 0.4) is 0 Å². The number of anilines is 1. The van der Waals surface area contributed by atoms with Crippen molar-refractivity contribution in [2.45, 2.75) is 6.04 Å². The Morgan fingerprint density at radius 2 is 2.00 bits per heavy atom. The number of hydrogen-bond acceptors (Lipinski definition) is 9. The van der Waals surface area contributed by atoms with Crippen LogP contribution in [-0.2, 0) is 9.53 Å². The second kappa shape index (κ2) is 7.24. The average molecular weight is 397 g/mol. The van der Waals surface area contributed by atoms with Crippen LogP contribution in [0.5, 0.6) is 5.75 Å². The lowest BCUT2D eigenvalue weighted by atomic mass is 9.91. The first-order valence-electron chi connectivity index (χ1n) is 8.24. The van der Waals surface area contributed by atoms with Crippen molar-refractivity contribution in [2.75, 3.05) is 19.5 Å². The molecule has 0 radical (unpaired) electrons. The van der Waals surface area contributed by atoms with Gasteiger partial charge in [0.05, 0.1) is 24.7 Å². The van der Waals surface area contributed by atoms with Crippen molar-refractivity contribution in [1.82, 2.24) is 20.2 Å². The Hall–Kier alpha value is -3.53. The largest absolute Gasteiger partial charge is 0.496 e. The summed E-state index contributed by atoms with van der Waals surface area (Å²) in [5, 5.41) is 16.2. The molecule has 0 spiro atoms. The van der Waals surface area contributed by atoms with E-state index in [2.05, 4.69) is 20.8 Å². The summed E-state index contributed by atoms with van der Waals surface area (Å²) in [7, 11) is 2.78. The van der Waals surface area contributed by atoms with Gasteiger partial charge in [-0.1, -0.05) is 29.4 Å². The second-order valence-corrected chi connectivity index (χ2v) is 6.75. The highest BCUT2D eigenvalue weighted by Gasteiger charge is 2.39. The molecule has 1 aromatic carbocycles. The van der Waals surface area contributed by atoms with Gasteiger partial charge < -0.3 is 14.8 Å². The van der Waals surface area contributed by atoms with E-state index in [1.807, 2.05) is 12.1 Å². The van der Waals surface area contributed by atoms with Crippen molar-refractivity contribution >= 4 is 29.0 Å². The Labute approximate surface area is 163 Å². The maximum absolute atomic E-state index is 13.4. The zero-order chi connectivity index (χ0) is 19.7. The van der Waals surface area contributed by atoms with E-state index in [1.165, 1.54) is 30.2 Å². The Morgan fingerprint density at radius 3 is 2.71 bits per heavy atom. The topological polar surface area (TPSA) is 108 Å². The van der Waals surface area contributed by atoms with Gasteiger partial charge >= 0.3 is 5.97 Å². The molecule has 1 aliphatic heterocycles. The normalized spacial score (nSPS) is 15.6. The molecule has 3 heterocycles. The SMILES string of the molecule is COC(=O)C1=C(C(=O)c2cccs2)[C@@H](c2ccccc2OC)n2nnnc2N1. The van der Waals surface area contributed by atoms with Crippen LogP contribution in [0.1, 0.15) is 21.3 Å². The van der Waals surface area contributed by atoms with Crippen LogP contribution in [0.2, 0.25) is 0 Å². The lowest BCUT2D eigenvalue weighted by molar-refractivity contribution is -0.136. The maximum atomic E-state index is 13.4. The van der Waals surface area contributed by atoms with Gasteiger partial charge in [-0.15, -0.1) is 11.3 Å². The monoisotopic (exact) mass is 397 g/mol. The van der Waals surface area contributed by atoms with E-state index in [1.54, 1.807) is 29.6 Å². The number of thiophene rings is 1. The van der Waals surface area contributed by atoms with E-state index in [0.717, 1.165) is 0 Å². The van der Waals surface area contributed by atoms with Crippen molar-refractivity contribution in [2.24, 2.45) is 0 Å². The van der Waals surface area contributed by atoms with Crippen molar-refractivity contribution in [3.8, 4) is 5.75 Å². The molecule has 28 heavy (non-hydrogen) atoms. The lowest BCUT2D eigenvalue weighted by Crippen LogP contribution is -2.32. The number of allylic oxidation sites excluding steroid dienone is 1. The molecule has 0 bridgehead atoms. The van der Waals surface area contributed by atoms with E-state index in [9.17, 15) is 9.59 Å². The van der Waals surface area contributed by atoms with E-state index < -0.39 is 12.0 Å². The van der Waals surface area contributed by atoms with Crippen molar-refractivity contribution in [3.63, 3.8) is 0 Å². The number of carbonyl (C=O) groups is 2. The molecule has 9 nitrogen and oxygen atoms in total. The van der Waals surface area contributed by atoms with Crippen molar-refractivity contribution in [1.29, 1.82) is 0 Å². The third kappa shape index (κ3) is 2.83. The molecule has 142 valence electrons. The van der Waals surface area contributed by atoms with Crippen molar-refractivity contribution in [3.05, 3.63) is 63.5 Å². The fourth-order valence-corrected chi connectivity index (χ4v) is 3.79. The Morgan fingerprint density at radius 1 is 1.18 bits per heavy atom. The second-order valence-electron chi connectivity index (χ2n) is 5.80. The Kier molecular flexibility index (Phi) is 4.62. The maximum Gasteiger partial charge on any atom is 0.355 e. The number of aromatic nitrogens is 4. The summed E-state index contributed by atoms with van der Waals surface area (Å²) in [6.07, 6.45) is 0. The smallest absolute Gasteiger partial charge is 0.355 e. The number of rotatable bonds is 5. The van der Waals surface area contributed by atoms with Gasteiger partial charge in [-0.2, -0.15) is 4.68 Å². The van der Waals surface area contributed by atoms with Gasteiger partial charge in [0.1, 0.15) is 17.5 Å². The summed E-state index contributed by atoms with van der Waals surface area (Å²) in [5.41, 5.74) is 0.819. The highest BCUT2D eigenvalue weighted by atomic mass is 32.1. The molecule has 1 aliphatic rings. The molecule has 1 N–H and O–H groups in total. The first-order valence-corrected chi connectivity index (χ1v) is 9.12. The van der Waals surface area contributed by atoms with Crippen LogP contribution >= 0.6 is 11.3 Å². The Balaban J connectivity index is 1.99. The third-order valence-electron chi connectivity index (χ3n) is 4.33. The highest BCUT2D eigenvalue weighted by Crippen LogP contribution is 2.40. The third-order valence-corrected chi connectivity index (χ3v) is 5.20. The van der Waals surface area contributed by atoms with E-state index in [-0.39, 0.29) is 23.0 Å². The van der Waals surface area contributed by atoms with Gasteiger partial charge in [-0.25, -0.2) is 4.79 Å². The van der Waals surface area contributed by atoms with Crippen LogP contribution in [0.4, 0.5) is 5.95 Å². The molecule has 0 saturated carbocycles. The van der Waals surface area contributed by atoms with Crippen LogP contribution < -0.4 is 10.1 Å². The summed E-state index contributed by atoms with van der Waals surface area (Å²) in [6, 6.07) is 9.90. The highest BCUT2D eigenvalue weighted by molar-refractivity contribution is 7.12. The van der Waals surface area contributed by atoms with E-state index >= 15 is 0 Å². The molecular weight excluding hydrogens is 382 g/mol. The van der Waals surface area contributed by atoms with Crippen LogP contribution in [-0.4, -0.2) is 46.2 Å². The minimum Gasteiger partial charge on any atom is -0.496 e. The lowest BCUT2D eigenvalue weighted by Gasteiger charge is -2.28. The fraction of sp³-hybridized carbons (Fsp3) is 0.167. The van der Waals surface area contributed by atoms with Gasteiger partial charge in [0.25, 0.3) is 0 Å². The number of tetrazole rings is 1. The van der Waals surface area contributed by atoms with Crippen LogP contribution in [0.15, 0.2) is 53.0 Å². The molecule has 0 fully saturated rings. The van der Waals surface area contributed by atoms with Gasteiger partial charge in [0.15, 0.2) is 0 Å². The Bertz CT molecular complexity index is 1070. The van der Waals surface area contributed by atoms with E-state index in [0.29, 0.717) is 16.2 Å². The van der Waals surface area contributed by atoms with Crippen LogP contribution in [0.25, 0.3) is 0 Å². The fourth-order valence-electron chi connectivity index (χ4n) is 3.11. The van der Waals surface area contributed by atoms with Crippen molar-refractivity contribution < 1.29 is 19.1 Å². The molecule has 0 amide bonds. The zero-order valence-electron chi connectivity index (χ0n) is 14.9. The quantitative estimate of drug-likeness (QED) is 0.515. The number of para-hydroxylation sites is 1. The summed E-state index contributed by atoms with van der Waals surface area (Å²) in [6.45, 7) is 0. The number of ether oxygens (including phenoxy) is 2. The molecule has 3 aromatic rings. The molecule has 0 aliphatic carbocycles. The number of Topliss-reactive ketones (excluding diaryl/α,β-unsaturated/α-hetero) is 1. The minimum absolute atomic E-state index is 0.000828. The first kappa shape index (κ1) is 17.9. The minimum atomic E-state index is -0.772. The summed E-state index contributed by atoms with van der Waals surface area (Å²) in [4.78, 5) is 26.4. The predicted molar refractivity (Wildman–Crippen MR) is 100 cm³/mol. The summed E-state index contributed by atoms with van der Waals surface area (Å²) in [5.74, 6) is -0.246. The number of fused-ring (bicyclic) bond motifs is 1. The number of methoxy groups -OCH3 is 2. The predicted octanol–water partition coefficient (Wildman–Crippen LogP) is 2.07. The number of carbonyl (C=O) groups excluding carboxylic acids is 2. The molecular formula is C18H15N5O4S. The molecule has 4 rings (SSSR count). The van der Waals surface area contributed by atoms with Gasteiger partial charge in [0, 0.05) is 5.56 Å². The number of ketones is 1. The first-order chi connectivity index (χ1) is 13.7. The molecule has 0 saturated heterocycles. The molecule has 2 aromatic heterocycles. The zero-order valence-corrected chi connectivity index (χ0v) is 15.8. The summed E-state index contributed by atoms with van der Waals surface area (Å²) >= 11 is 1.28. The molecule has 1 atom stereocenters. The van der Waals surface area contributed by atoms with Gasteiger partial charge in [0.2, 0.25) is 11.7 Å². The van der Waals surface area contributed by atoms with Gasteiger partial charge in [-0.3, -0.25) is 4.79 Å². The number of benzene rings is 1. The molecule has 0 unspecified atom stereocenters. The molecule has 10 heteroatoms.